The first kappa shape index (κ1) is 14.4. The molecule has 0 bridgehead atoms. The fraction of sp³-hybridized carbons (Fsp3) is 0.353. The zero-order valence-corrected chi connectivity index (χ0v) is 12.8. The number of hydrogen-bond donors (Lipinski definition) is 0. The van der Waals surface area contributed by atoms with E-state index in [0.717, 1.165) is 49.9 Å². The van der Waals surface area contributed by atoms with Gasteiger partial charge in [-0.3, -0.25) is 9.88 Å². The van der Waals surface area contributed by atoms with Crippen LogP contribution in [0, 0.1) is 0 Å². The van der Waals surface area contributed by atoms with Crippen molar-refractivity contribution in [3.63, 3.8) is 0 Å². The second-order valence-electron chi connectivity index (χ2n) is 5.39. The Bertz CT molecular complexity index is 565. The highest BCUT2D eigenvalue weighted by Gasteiger charge is 2.18. The Labute approximate surface area is 131 Å². The number of benzene rings is 1. The number of rotatable bonds is 4. The van der Waals surface area contributed by atoms with Gasteiger partial charge in [-0.15, -0.1) is 0 Å². The number of anilines is 1. The molecule has 0 spiro atoms. The van der Waals surface area contributed by atoms with E-state index in [4.69, 9.17) is 11.6 Å². The minimum absolute atomic E-state index is 0.850. The van der Waals surface area contributed by atoms with E-state index in [1.54, 1.807) is 0 Å². The molecule has 3 rings (SSSR count). The maximum Gasteiger partial charge on any atom is 0.0639 e. The molecule has 1 aromatic heterocycles. The molecule has 1 aliphatic rings. The smallest absolute Gasteiger partial charge is 0.0639 e. The highest BCUT2D eigenvalue weighted by atomic mass is 35.5. The van der Waals surface area contributed by atoms with Gasteiger partial charge in [0.2, 0.25) is 0 Å². The summed E-state index contributed by atoms with van der Waals surface area (Å²) in [5.74, 6) is 0. The van der Waals surface area contributed by atoms with Crippen molar-refractivity contribution >= 4 is 17.3 Å². The zero-order valence-electron chi connectivity index (χ0n) is 12.1. The van der Waals surface area contributed by atoms with Crippen LogP contribution < -0.4 is 4.90 Å². The van der Waals surface area contributed by atoms with Crippen LogP contribution in [-0.2, 0) is 6.42 Å². The van der Waals surface area contributed by atoms with Gasteiger partial charge in [0.1, 0.15) is 0 Å². The van der Waals surface area contributed by atoms with E-state index in [1.807, 2.05) is 24.5 Å². The van der Waals surface area contributed by atoms with Crippen LogP contribution in [0.1, 0.15) is 5.56 Å². The number of para-hydroxylation sites is 1. The Morgan fingerprint density at radius 2 is 1.67 bits per heavy atom. The number of halogens is 1. The van der Waals surface area contributed by atoms with E-state index >= 15 is 0 Å². The summed E-state index contributed by atoms with van der Waals surface area (Å²) >= 11 is 6.27. The van der Waals surface area contributed by atoms with Crippen LogP contribution in [0.5, 0.6) is 0 Å². The number of aromatic nitrogens is 1. The van der Waals surface area contributed by atoms with E-state index in [2.05, 4.69) is 39.0 Å². The molecule has 2 heterocycles. The number of nitrogens with zero attached hydrogens (tertiary/aromatic N) is 3. The van der Waals surface area contributed by atoms with Crippen molar-refractivity contribution in [3.8, 4) is 0 Å². The summed E-state index contributed by atoms with van der Waals surface area (Å²) < 4.78 is 0. The monoisotopic (exact) mass is 301 g/mol. The van der Waals surface area contributed by atoms with Crippen molar-refractivity contribution in [2.75, 3.05) is 37.6 Å². The van der Waals surface area contributed by atoms with Crippen LogP contribution in [0.4, 0.5) is 5.69 Å². The van der Waals surface area contributed by atoms with Crippen molar-refractivity contribution in [3.05, 3.63) is 59.4 Å². The summed E-state index contributed by atoms with van der Waals surface area (Å²) in [6.45, 7) is 5.38. The minimum Gasteiger partial charge on any atom is -0.368 e. The third kappa shape index (κ3) is 3.74. The molecule has 1 aliphatic heterocycles. The van der Waals surface area contributed by atoms with Gasteiger partial charge in [0.25, 0.3) is 0 Å². The van der Waals surface area contributed by atoms with E-state index < -0.39 is 0 Å². The van der Waals surface area contributed by atoms with Crippen LogP contribution >= 0.6 is 11.6 Å². The van der Waals surface area contributed by atoms with Crippen molar-refractivity contribution in [1.82, 2.24) is 9.88 Å². The van der Waals surface area contributed by atoms with Crippen LogP contribution in [0.25, 0.3) is 0 Å². The molecule has 0 N–H and O–H groups in total. The SMILES string of the molecule is Clc1ccccc1N1CCN(CCc2ccncc2)CC1. The van der Waals surface area contributed by atoms with Gasteiger partial charge in [0, 0.05) is 45.1 Å². The highest BCUT2D eigenvalue weighted by Crippen LogP contribution is 2.25. The van der Waals surface area contributed by atoms with Crippen molar-refractivity contribution in [2.24, 2.45) is 0 Å². The number of piperazine rings is 1. The highest BCUT2D eigenvalue weighted by molar-refractivity contribution is 6.33. The van der Waals surface area contributed by atoms with E-state index in [9.17, 15) is 0 Å². The van der Waals surface area contributed by atoms with Gasteiger partial charge in [0.15, 0.2) is 0 Å². The van der Waals surface area contributed by atoms with Gasteiger partial charge >= 0.3 is 0 Å². The molecule has 0 amide bonds. The Morgan fingerprint density at radius 1 is 0.952 bits per heavy atom. The summed E-state index contributed by atoms with van der Waals surface area (Å²) in [5.41, 5.74) is 2.52. The predicted molar refractivity (Wildman–Crippen MR) is 88.0 cm³/mol. The third-order valence-corrected chi connectivity index (χ3v) is 4.35. The first-order chi connectivity index (χ1) is 10.3. The lowest BCUT2D eigenvalue weighted by atomic mass is 10.2. The average molecular weight is 302 g/mol. The maximum absolute atomic E-state index is 6.27. The Hall–Kier alpha value is -1.58. The van der Waals surface area contributed by atoms with Crippen molar-refractivity contribution in [1.29, 1.82) is 0 Å². The Morgan fingerprint density at radius 3 is 2.38 bits per heavy atom. The van der Waals surface area contributed by atoms with Gasteiger partial charge in [-0.25, -0.2) is 0 Å². The first-order valence-corrected chi connectivity index (χ1v) is 7.81. The van der Waals surface area contributed by atoms with Crippen molar-refractivity contribution < 1.29 is 0 Å². The maximum atomic E-state index is 6.27. The standard InChI is InChI=1S/C17H20ClN3/c18-16-3-1-2-4-17(16)21-13-11-20(12-14-21)10-7-15-5-8-19-9-6-15/h1-6,8-9H,7,10-14H2. The molecular weight excluding hydrogens is 282 g/mol. The zero-order chi connectivity index (χ0) is 14.5. The van der Waals surface area contributed by atoms with Crippen LogP contribution in [-0.4, -0.2) is 42.6 Å². The summed E-state index contributed by atoms with van der Waals surface area (Å²) in [4.78, 5) is 8.96. The first-order valence-electron chi connectivity index (χ1n) is 7.44. The molecule has 1 fully saturated rings. The molecule has 1 aromatic carbocycles. The molecular formula is C17H20ClN3. The van der Waals surface area contributed by atoms with Crippen LogP contribution in [0.3, 0.4) is 0 Å². The van der Waals surface area contributed by atoms with E-state index in [1.165, 1.54) is 5.56 Å². The summed E-state index contributed by atoms with van der Waals surface area (Å²) in [6, 6.07) is 12.3. The normalized spacial score (nSPS) is 16.1. The lowest BCUT2D eigenvalue weighted by molar-refractivity contribution is 0.261. The number of hydrogen-bond acceptors (Lipinski definition) is 3. The number of pyridine rings is 1. The summed E-state index contributed by atoms with van der Waals surface area (Å²) in [5, 5.41) is 0.850. The van der Waals surface area contributed by atoms with Gasteiger partial charge < -0.3 is 4.90 Å². The van der Waals surface area contributed by atoms with Gasteiger partial charge in [-0.2, -0.15) is 0 Å². The molecule has 2 aromatic rings. The predicted octanol–water partition coefficient (Wildman–Crippen LogP) is 3.10. The van der Waals surface area contributed by atoms with E-state index in [0.29, 0.717) is 0 Å². The largest absolute Gasteiger partial charge is 0.368 e. The van der Waals surface area contributed by atoms with Crippen LogP contribution in [0.2, 0.25) is 5.02 Å². The molecule has 0 unspecified atom stereocenters. The molecule has 21 heavy (non-hydrogen) atoms. The topological polar surface area (TPSA) is 19.4 Å². The second kappa shape index (κ2) is 6.92. The van der Waals surface area contributed by atoms with Crippen molar-refractivity contribution in [2.45, 2.75) is 6.42 Å². The average Bonchev–Trinajstić information content (AvgIpc) is 2.55. The lowest BCUT2D eigenvalue weighted by Crippen LogP contribution is -2.47. The second-order valence-corrected chi connectivity index (χ2v) is 5.79. The molecule has 4 heteroatoms. The minimum atomic E-state index is 0.850. The fourth-order valence-electron chi connectivity index (χ4n) is 2.76. The van der Waals surface area contributed by atoms with Gasteiger partial charge in [-0.05, 0) is 36.2 Å². The quantitative estimate of drug-likeness (QED) is 0.865. The Balaban J connectivity index is 1.50. The van der Waals surface area contributed by atoms with Crippen LogP contribution in [0.15, 0.2) is 48.8 Å². The lowest BCUT2D eigenvalue weighted by Gasteiger charge is -2.36. The third-order valence-electron chi connectivity index (χ3n) is 4.03. The molecule has 1 saturated heterocycles. The van der Waals surface area contributed by atoms with E-state index in [-0.39, 0.29) is 0 Å². The summed E-state index contributed by atoms with van der Waals surface area (Å²) in [7, 11) is 0. The summed E-state index contributed by atoms with van der Waals surface area (Å²) in [6.07, 6.45) is 4.82. The molecule has 0 radical (unpaired) electrons. The molecule has 0 aliphatic carbocycles. The fourth-order valence-corrected chi connectivity index (χ4v) is 3.01. The molecule has 110 valence electrons. The van der Waals surface area contributed by atoms with Gasteiger partial charge in [0.05, 0.1) is 10.7 Å². The molecule has 3 nitrogen and oxygen atoms in total. The molecule has 0 saturated carbocycles. The molecule has 0 atom stereocenters. The Kier molecular flexibility index (Phi) is 4.73. The van der Waals surface area contributed by atoms with Gasteiger partial charge in [-0.1, -0.05) is 23.7 Å².